The van der Waals surface area contributed by atoms with Crippen molar-refractivity contribution in [1.82, 2.24) is 4.90 Å². The minimum absolute atomic E-state index is 0.189. The van der Waals surface area contributed by atoms with Crippen LogP contribution in [0.5, 0.6) is 11.5 Å². The van der Waals surface area contributed by atoms with Crippen LogP contribution in [0.1, 0.15) is 5.56 Å². The third-order valence-corrected chi connectivity index (χ3v) is 4.05. The number of hydrogen-bond donors (Lipinski definition) is 1. The van der Waals surface area contributed by atoms with Crippen LogP contribution in [0, 0.1) is 0 Å². The van der Waals surface area contributed by atoms with Gasteiger partial charge in [-0.1, -0.05) is 30.3 Å². The van der Waals surface area contributed by atoms with Crippen LogP contribution in [0.4, 0.5) is 4.79 Å². The first-order valence-corrected chi connectivity index (χ1v) is 8.10. The number of likely N-dealkylation sites (tertiary alicyclic amines) is 1. The Morgan fingerprint density at radius 2 is 1.76 bits per heavy atom. The molecule has 6 nitrogen and oxygen atoms in total. The van der Waals surface area contributed by atoms with Crippen LogP contribution in [0.2, 0.25) is 0 Å². The molecule has 2 aromatic rings. The Kier molecular flexibility index (Phi) is 5.40. The highest BCUT2D eigenvalue weighted by molar-refractivity contribution is 5.68. The molecule has 0 saturated carbocycles. The molecule has 1 heterocycles. The number of aliphatic hydroxyl groups excluding tert-OH is 1. The second kappa shape index (κ2) is 7.90. The van der Waals surface area contributed by atoms with Gasteiger partial charge in [-0.3, -0.25) is 0 Å². The molecule has 1 saturated heterocycles. The minimum atomic E-state index is -0.758. The molecule has 0 radical (unpaired) electrons. The standard InChI is InChI=1S/C19H21NO5/c1-23-15-7-9-16(10-8-15)25-18-12-20(11-17(18)21)19(22)24-13-14-5-3-2-4-6-14/h2-10,17-18,21H,11-13H2,1H3/t17-,18-/m1/s1. The first-order chi connectivity index (χ1) is 12.2. The maximum absolute atomic E-state index is 12.2. The lowest BCUT2D eigenvalue weighted by molar-refractivity contribution is 0.0735. The van der Waals surface area contributed by atoms with E-state index in [4.69, 9.17) is 14.2 Å². The molecule has 3 rings (SSSR count). The van der Waals surface area contributed by atoms with Crippen LogP contribution in [-0.4, -0.2) is 48.5 Å². The van der Waals surface area contributed by atoms with Crippen molar-refractivity contribution in [3.8, 4) is 11.5 Å². The Labute approximate surface area is 146 Å². The highest BCUT2D eigenvalue weighted by Gasteiger charge is 2.36. The quantitative estimate of drug-likeness (QED) is 0.903. The number of carbonyl (C=O) groups excluding carboxylic acids is 1. The van der Waals surface area contributed by atoms with Crippen LogP contribution < -0.4 is 9.47 Å². The van der Waals surface area contributed by atoms with Crippen molar-refractivity contribution in [3.63, 3.8) is 0 Å². The number of amides is 1. The summed E-state index contributed by atoms with van der Waals surface area (Å²) >= 11 is 0. The molecule has 2 atom stereocenters. The molecule has 0 unspecified atom stereocenters. The molecule has 2 aromatic carbocycles. The van der Waals surface area contributed by atoms with Gasteiger partial charge in [-0.25, -0.2) is 4.79 Å². The van der Waals surface area contributed by atoms with Crippen molar-refractivity contribution in [1.29, 1.82) is 0 Å². The molecule has 0 bridgehead atoms. The van der Waals surface area contributed by atoms with Gasteiger partial charge < -0.3 is 24.2 Å². The van der Waals surface area contributed by atoms with Gasteiger partial charge in [0.15, 0.2) is 0 Å². The van der Waals surface area contributed by atoms with E-state index in [-0.39, 0.29) is 19.7 Å². The van der Waals surface area contributed by atoms with E-state index in [2.05, 4.69) is 0 Å². The number of carbonyl (C=O) groups is 1. The van der Waals surface area contributed by atoms with Crippen LogP contribution >= 0.6 is 0 Å². The van der Waals surface area contributed by atoms with Gasteiger partial charge in [0.05, 0.1) is 20.2 Å². The zero-order valence-electron chi connectivity index (χ0n) is 14.0. The number of β-amino-alcohol motifs (C(OH)–C–C–N with tert-alkyl or cyclic N) is 1. The van der Waals surface area contributed by atoms with Gasteiger partial charge in [-0.05, 0) is 29.8 Å². The van der Waals surface area contributed by atoms with Crippen molar-refractivity contribution in [2.75, 3.05) is 20.2 Å². The predicted octanol–water partition coefficient (Wildman–Crippen LogP) is 2.46. The van der Waals surface area contributed by atoms with E-state index in [1.54, 1.807) is 31.4 Å². The molecule has 25 heavy (non-hydrogen) atoms. The summed E-state index contributed by atoms with van der Waals surface area (Å²) in [5, 5.41) is 10.2. The first kappa shape index (κ1) is 17.1. The number of benzene rings is 2. The highest BCUT2D eigenvalue weighted by atomic mass is 16.6. The fourth-order valence-electron chi connectivity index (χ4n) is 2.66. The second-order valence-corrected chi connectivity index (χ2v) is 5.84. The number of rotatable bonds is 5. The maximum Gasteiger partial charge on any atom is 0.410 e. The molecule has 0 spiro atoms. The van der Waals surface area contributed by atoms with E-state index < -0.39 is 18.3 Å². The molecule has 0 aliphatic carbocycles. The van der Waals surface area contributed by atoms with E-state index in [0.29, 0.717) is 5.75 Å². The van der Waals surface area contributed by atoms with E-state index in [1.807, 2.05) is 30.3 Å². The van der Waals surface area contributed by atoms with Gasteiger partial charge in [-0.15, -0.1) is 0 Å². The van der Waals surface area contributed by atoms with E-state index in [9.17, 15) is 9.90 Å². The average molecular weight is 343 g/mol. The van der Waals surface area contributed by atoms with Crippen LogP contribution in [-0.2, 0) is 11.3 Å². The van der Waals surface area contributed by atoms with Crippen molar-refractivity contribution in [2.45, 2.75) is 18.8 Å². The van der Waals surface area contributed by atoms with Gasteiger partial charge in [0.25, 0.3) is 0 Å². The molecule has 1 aliphatic rings. The van der Waals surface area contributed by atoms with Crippen molar-refractivity contribution >= 4 is 6.09 Å². The molecular formula is C19H21NO5. The minimum Gasteiger partial charge on any atom is -0.497 e. The third-order valence-electron chi connectivity index (χ3n) is 4.05. The monoisotopic (exact) mass is 343 g/mol. The summed E-state index contributed by atoms with van der Waals surface area (Å²) in [5.74, 6) is 1.34. The van der Waals surface area contributed by atoms with Crippen LogP contribution in [0.25, 0.3) is 0 Å². The predicted molar refractivity (Wildman–Crippen MR) is 91.6 cm³/mol. The molecule has 1 aliphatic heterocycles. The lowest BCUT2D eigenvalue weighted by Crippen LogP contribution is -2.31. The van der Waals surface area contributed by atoms with Crippen LogP contribution in [0.3, 0.4) is 0 Å². The number of aliphatic hydroxyl groups is 1. The molecule has 1 fully saturated rings. The Hall–Kier alpha value is -2.73. The van der Waals surface area contributed by atoms with Gasteiger partial charge in [-0.2, -0.15) is 0 Å². The van der Waals surface area contributed by atoms with Gasteiger partial charge in [0.1, 0.15) is 30.3 Å². The molecule has 1 amide bonds. The van der Waals surface area contributed by atoms with E-state index >= 15 is 0 Å². The topological polar surface area (TPSA) is 68.2 Å². The van der Waals surface area contributed by atoms with Gasteiger partial charge in [0.2, 0.25) is 0 Å². The zero-order valence-corrected chi connectivity index (χ0v) is 14.0. The lowest BCUT2D eigenvalue weighted by atomic mass is 10.2. The fraction of sp³-hybridized carbons (Fsp3) is 0.316. The summed E-state index contributed by atoms with van der Waals surface area (Å²) in [6, 6.07) is 16.6. The van der Waals surface area contributed by atoms with E-state index in [0.717, 1.165) is 11.3 Å². The summed E-state index contributed by atoms with van der Waals surface area (Å²) in [4.78, 5) is 13.6. The number of hydrogen-bond acceptors (Lipinski definition) is 5. The molecule has 0 aromatic heterocycles. The zero-order chi connectivity index (χ0) is 17.6. The normalized spacial score (nSPS) is 19.5. The number of ether oxygens (including phenoxy) is 3. The van der Waals surface area contributed by atoms with Crippen molar-refractivity contribution in [2.24, 2.45) is 0 Å². The first-order valence-electron chi connectivity index (χ1n) is 8.10. The highest BCUT2D eigenvalue weighted by Crippen LogP contribution is 2.22. The SMILES string of the molecule is COc1ccc(O[C@@H]2CN(C(=O)OCc3ccccc3)C[C@H]2O)cc1. The summed E-state index contributed by atoms with van der Waals surface area (Å²) in [6.07, 6.45) is -1.70. The molecule has 1 N–H and O–H groups in total. The summed E-state index contributed by atoms with van der Waals surface area (Å²) in [5.41, 5.74) is 0.918. The lowest BCUT2D eigenvalue weighted by Gasteiger charge is -2.17. The largest absolute Gasteiger partial charge is 0.497 e. The van der Waals surface area contributed by atoms with Crippen molar-refractivity contribution in [3.05, 3.63) is 60.2 Å². The molecular weight excluding hydrogens is 322 g/mol. The third kappa shape index (κ3) is 4.42. The summed E-state index contributed by atoms with van der Waals surface area (Å²) < 4.78 is 16.2. The second-order valence-electron chi connectivity index (χ2n) is 5.84. The Bertz CT molecular complexity index is 689. The number of nitrogens with zero attached hydrogens (tertiary/aromatic N) is 1. The number of methoxy groups -OCH3 is 1. The fourth-order valence-corrected chi connectivity index (χ4v) is 2.66. The smallest absolute Gasteiger partial charge is 0.410 e. The van der Waals surface area contributed by atoms with Gasteiger partial charge in [0, 0.05) is 0 Å². The van der Waals surface area contributed by atoms with E-state index in [1.165, 1.54) is 4.90 Å². The Morgan fingerprint density at radius 1 is 1.08 bits per heavy atom. The average Bonchev–Trinajstić information content (AvgIpc) is 3.02. The summed E-state index contributed by atoms with van der Waals surface area (Å²) in [6.45, 7) is 0.672. The van der Waals surface area contributed by atoms with Gasteiger partial charge >= 0.3 is 6.09 Å². The molecule has 6 heteroatoms. The Balaban J connectivity index is 1.52. The maximum atomic E-state index is 12.2. The molecule has 132 valence electrons. The Morgan fingerprint density at radius 3 is 2.44 bits per heavy atom. The van der Waals surface area contributed by atoms with Crippen molar-refractivity contribution < 1.29 is 24.1 Å². The summed E-state index contributed by atoms with van der Waals surface area (Å²) in [7, 11) is 1.59. The van der Waals surface area contributed by atoms with Crippen LogP contribution in [0.15, 0.2) is 54.6 Å².